The first-order chi connectivity index (χ1) is 8.38. The van der Waals surface area contributed by atoms with Crippen LogP contribution in [0.3, 0.4) is 0 Å². The number of aliphatic hydroxyl groups is 1. The Kier molecular flexibility index (Phi) is 4.09. The maximum Gasteiger partial charge on any atom is 0.137 e. The molecule has 0 spiro atoms. The van der Waals surface area contributed by atoms with Crippen LogP contribution in [0.15, 0.2) is 22.7 Å². The van der Waals surface area contributed by atoms with Crippen LogP contribution in [0.4, 0.5) is 4.39 Å². The fourth-order valence-corrected chi connectivity index (χ4v) is 2.91. The number of nitrogens with zero attached hydrogens (tertiary/aromatic N) is 1. The quantitative estimate of drug-likeness (QED) is 0.906. The van der Waals surface area contributed by atoms with Gasteiger partial charge < -0.3 is 5.11 Å². The summed E-state index contributed by atoms with van der Waals surface area (Å²) in [5, 5.41) is 9.92. The molecule has 1 aliphatic rings. The van der Waals surface area contributed by atoms with E-state index in [1.54, 1.807) is 0 Å². The lowest BCUT2D eigenvalue weighted by atomic mass is 9.81. The number of hydrogen-bond acceptors (Lipinski definition) is 2. The molecule has 1 saturated heterocycles. The van der Waals surface area contributed by atoms with Crippen molar-refractivity contribution >= 4 is 15.9 Å². The zero-order valence-corrected chi connectivity index (χ0v) is 12.4. The third-order valence-corrected chi connectivity index (χ3v) is 4.25. The molecule has 1 heterocycles. The summed E-state index contributed by atoms with van der Waals surface area (Å²) >= 11 is 3.21. The van der Waals surface area contributed by atoms with Crippen molar-refractivity contribution in [2.24, 2.45) is 5.41 Å². The van der Waals surface area contributed by atoms with Crippen molar-refractivity contribution in [2.75, 3.05) is 13.1 Å². The van der Waals surface area contributed by atoms with Crippen molar-refractivity contribution < 1.29 is 9.50 Å². The first kappa shape index (κ1) is 14.0. The normalized spacial score (nSPS) is 24.2. The smallest absolute Gasteiger partial charge is 0.137 e. The first-order valence-electron chi connectivity index (χ1n) is 6.23. The van der Waals surface area contributed by atoms with Gasteiger partial charge in [-0.2, -0.15) is 0 Å². The predicted octanol–water partition coefficient (Wildman–Crippen LogP) is 3.18. The van der Waals surface area contributed by atoms with Gasteiger partial charge in [-0.25, -0.2) is 4.39 Å². The molecular weight excluding hydrogens is 297 g/mol. The van der Waals surface area contributed by atoms with Gasteiger partial charge in [0.05, 0.1) is 10.6 Å². The Bertz CT molecular complexity index is 436. The molecule has 1 N–H and O–H groups in total. The summed E-state index contributed by atoms with van der Waals surface area (Å²) in [6.07, 6.45) is 0.573. The Hall–Kier alpha value is -0.450. The largest absolute Gasteiger partial charge is 0.392 e. The molecule has 2 nitrogen and oxygen atoms in total. The fraction of sp³-hybridized carbons (Fsp3) is 0.571. The molecule has 1 aromatic rings. The molecule has 1 aromatic carbocycles. The Labute approximate surface area is 116 Å². The molecule has 4 heteroatoms. The van der Waals surface area contributed by atoms with Crippen molar-refractivity contribution in [3.63, 3.8) is 0 Å². The van der Waals surface area contributed by atoms with Crippen LogP contribution >= 0.6 is 15.9 Å². The van der Waals surface area contributed by atoms with Gasteiger partial charge in [0.25, 0.3) is 0 Å². The zero-order chi connectivity index (χ0) is 13.3. The summed E-state index contributed by atoms with van der Waals surface area (Å²) in [6, 6.07) is 5.13. The van der Waals surface area contributed by atoms with Crippen molar-refractivity contribution in [1.82, 2.24) is 4.90 Å². The maximum atomic E-state index is 13.2. The minimum atomic E-state index is -0.229. The molecule has 1 unspecified atom stereocenters. The van der Waals surface area contributed by atoms with Gasteiger partial charge in [-0.3, -0.25) is 4.90 Å². The van der Waals surface area contributed by atoms with Gasteiger partial charge in [-0.15, -0.1) is 0 Å². The van der Waals surface area contributed by atoms with E-state index in [4.69, 9.17) is 0 Å². The Morgan fingerprint density at radius 3 is 2.83 bits per heavy atom. The highest BCUT2D eigenvalue weighted by atomic mass is 79.9. The number of aliphatic hydroxyl groups excluding tert-OH is 1. The highest BCUT2D eigenvalue weighted by molar-refractivity contribution is 9.10. The van der Waals surface area contributed by atoms with E-state index in [0.29, 0.717) is 4.47 Å². The second kappa shape index (κ2) is 5.27. The summed E-state index contributed by atoms with van der Waals surface area (Å²) < 4.78 is 13.7. The van der Waals surface area contributed by atoms with Gasteiger partial charge in [0.1, 0.15) is 5.82 Å². The van der Waals surface area contributed by atoms with Crippen LogP contribution in [0.2, 0.25) is 0 Å². The summed E-state index contributed by atoms with van der Waals surface area (Å²) in [7, 11) is 0. The average Bonchev–Trinajstić information content (AvgIpc) is 2.28. The summed E-state index contributed by atoms with van der Waals surface area (Å²) in [5.41, 5.74) is 1.02. The lowest BCUT2D eigenvalue weighted by Crippen LogP contribution is -2.48. The number of piperidine rings is 1. The molecular formula is C14H19BrFNO. The first-order valence-corrected chi connectivity index (χ1v) is 7.02. The van der Waals surface area contributed by atoms with E-state index in [-0.39, 0.29) is 17.3 Å². The van der Waals surface area contributed by atoms with E-state index in [0.717, 1.165) is 31.6 Å². The van der Waals surface area contributed by atoms with Crippen LogP contribution in [0.1, 0.15) is 25.8 Å². The standard InChI is InChI=1S/C14H19BrFNO/c1-14(2)9-17(6-5-13(14)18)8-10-3-4-12(16)11(15)7-10/h3-4,7,13,18H,5-6,8-9H2,1-2H3. The second-order valence-electron chi connectivity index (χ2n) is 5.75. The van der Waals surface area contributed by atoms with E-state index < -0.39 is 0 Å². The third kappa shape index (κ3) is 3.11. The van der Waals surface area contributed by atoms with Crippen LogP contribution in [-0.2, 0) is 6.54 Å². The topological polar surface area (TPSA) is 23.5 Å². The van der Waals surface area contributed by atoms with Crippen LogP contribution in [-0.4, -0.2) is 29.2 Å². The molecule has 18 heavy (non-hydrogen) atoms. The van der Waals surface area contributed by atoms with Crippen molar-refractivity contribution in [3.8, 4) is 0 Å². The lowest BCUT2D eigenvalue weighted by Gasteiger charge is -2.41. The van der Waals surface area contributed by atoms with Crippen molar-refractivity contribution in [2.45, 2.75) is 32.9 Å². The number of hydrogen-bond donors (Lipinski definition) is 1. The Morgan fingerprint density at radius 1 is 1.50 bits per heavy atom. The minimum Gasteiger partial charge on any atom is -0.392 e. The molecule has 0 aromatic heterocycles. The lowest BCUT2D eigenvalue weighted by molar-refractivity contribution is -0.0270. The SMILES string of the molecule is CC1(C)CN(Cc2ccc(F)c(Br)c2)CCC1O. The summed E-state index contributed by atoms with van der Waals surface area (Å²) in [6.45, 7) is 6.73. The van der Waals surface area contributed by atoms with E-state index >= 15 is 0 Å². The van der Waals surface area contributed by atoms with Crippen molar-refractivity contribution in [3.05, 3.63) is 34.1 Å². The van der Waals surface area contributed by atoms with Crippen molar-refractivity contribution in [1.29, 1.82) is 0 Å². The van der Waals surface area contributed by atoms with Gasteiger partial charge in [-0.05, 0) is 40.0 Å². The predicted molar refractivity (Wildman–Crippen MR) is 73.8 cm³/mol. The monoisotopic (exact) mass is 315 g/mol. The summed E-state index contributed by atoms with van der Waals surface area (Å²) in [5.74, 6) is -0.229. The Balaban J connectivity index is 2.04. The second-order valence-corrected chi connectivity index (χ2v) is 6.61. The highest BCUT2D eigenvalue weighted by Gasteiger charge is 2.34. The van der Waals surface area contributed by atoms with Gasteiger partial charge >= 0.3 is 0 Å². The van der Waals surface area contributed by atoms with Gasteiger partial charge in [0.15, 0.2) is 0 Å². The van der Waals surface area contributed by atoms with Gasteiger partial charge in [0.2, 0.25) is 0 Å². The van der Waals surface area contributed by atoms with Crippen LogP contribution < -0.4 is 0 Å². The average molecular weight is 316 g/mol. The molecule has 100 valence electrons. The molecule has 0 aliphatic carbocycles. The molecule has 1 aliphatic heterocycles. The molecule has 1 atom stereocenters. The summed E-state index contributed by atoms with van der Waals surface area (Å²) in [4.78, 5) is 2.31. The van der Waals surface area contributed by atoms with E-state index in [9.17, 15) is 9.50 Å². The number of likely N-dealkylation sites (tertiary alicyclic amines) is 1. The minimum absolute atomic E-state index is 0.0739. The van der Waals surface area contributed by atoms with E-state index in [1.165, 1.54) is 6.07 Å². The van der Waals surface area contributed by atoms with Crippen LogP contribution in [0, 0.1) is 11.2 Å². The number of rotatable bonds is 2. The molecule has 0 radical (unpaired) electrons. The Morgan fingerprint density at radius 2 is 2.22 bits per heavy atom. The molecule has 0 amide bonds. The van der Waals surface area contributed by atoms with Crippen LogP contribution in [0.5, 0.6) is 0 Å². The van der Waals surface area contributed by atoms with Gasteiger partial charge in [-0.1, -0.05) is 19.9 Å². The van der Waals surface area contributed by atoms with Crippen LogP contribution in [0.25, 0.3) is 0 Å². The number of benzene rings is 1. The molecule has 0 saturated carbocycles. The number of halogens is 2. The zero-order valence-electron chi connectivity index (χ0n) is 10.8. The third-order valence-electron chi connectivity index (χ3n) is 3.64. The maximum absolute atomic E-state index is 13.2. The highest BCUT2D eigenvalue weighted by Crippen LogP contribution is 2.30. The van der Waals surface area contributed by atoms with E-state index in [1.807, 2.05) is 12.1 Å². The fourth-order valence-electron chi connectivity index (χ4n) is 2.49. The molecule has 2 rings (SSSR count). The van der Waals surface area contributed by atoms with E-state index in [2.05, 4.69) is 34.7 Å². The molecule has 1 fully saturated rings. The van der Waals surface area contributed by atoms with Gasteiger partial charge in [0, 0.05) is 25.0 Å². The molecule has 0 bridgehead atoms.